The number of aliphatic hydroxyl groups is 1. The number of carbonyl (C=O) groups is 2. The fourth-order valence-electron chi connectivity index (χ4n) is 5.08. The van der Waals surface area contributed by atoms with Crippen molar-refractivity contribution >= 4 is 34.9 Å². The first kappa shape index (κ1) is 28.7. The highest BCUT2D eigenvalue weighted by Gasteiger charge is 2.46. The number of hydrogen-bond acceptors (Lipinski definition) is 5. The second-order valence-corrected chi connectivity index (χ2v) is 10.4. The van der Waals surface area contributed by atoms with E-state index in [1.165, 1.54) is 12.1 Å². The van der Waals surface area contributed by atoms with Crippen LogP contribution in [0.2, 0.25) is 5.02 Å². The van der Waals surface area contributed by atoms with Gasteiger partial charge in [0.05, 0.1) is 24.7 Å². The van der Waals surface area contributed by atoms with Gasteiger partial charge in [-0.2, -0.15) is 13.2 Å². The summed E-state index contributed by atoms with van der Waals surface area (Å²) in [6, 6.07) is 15.7. The van der Waals surface area contributed by atoms with Crippen molar-refractivity contribution < 1.29 is 37.3 Å². The van der Waals surface area contributed by atoms with Gasteiger partial charge >= 0.3 is 12.2 Å². The molecule has 2 heterocycles. The van der Waals surface area contributed by atoms with Gasteiger partial charge in [-0.25, -0.2) is 4.79 Å². The maximum absolute atomic E-state index is 12.8. The molecule has 0 radical (unpaired) electrons. The lowest BCUT2D eigenvalue weighted by atomic mass is 9.84. The van der Waals surface area contributed by atoms with Crippen LogP contribution in [0.25, 0.3) is 0 Å². The fourth-order valence-corrected chi connectivity index (χ4v) is 5.21. The summed E-state index contributed by atoms with van der Waals surface area (Å²) in [6.07, 6.45) is -5.48. The summed E-state index contributed by atoms with van der Waals surface area (Å²) in [5.41, 5.74) is 1.54. The van der Waals surface area contributed by atoms with Crippen molar-refractivity contribution in [3.63, 3.8) is 0 Å². The van der Waals surface area contributed by atoms with Crippen LogP contribution in [0.4, 0.5) is 29.3 Å². The number of ether oxygens (including phenoxy) is 2. The molecular weight excluding hydrogens is 563 g/mol. The third-order valence-electron chi connectivity index (χ3n) is 7.04. The van der Waals surface area contributed by atoms with E-state index in [4.69, 9.17) is 21.1 Å². The van der Waals surface area contributed by atoms with Gasteiger partial charge in [-0.05, 0) is 66.6 Å². The summed E-state index contributed by atoms with van der Waals surface area (Å²) in [7, 11) is 0. The van der Waals surface area contributed by atoms with Gasteiger partial charge in [0.15, 0.2) is 0 Å². The number of carbonyl (C=O) groups excluding carboxylic acids is 2. The number of benzene rings is 3. The predicted octanol–water partition coefficient (Wildman–Crippen LogP) is 5.70. The van der Waals surface area contributed by atoms with E-state index in [0.29, 0.717) is 29.4 Å². The van der Waals surface area contributed by atoms with E-state index in [2.05, 4.69) is 16.0 Å². The Balaban J connectivity index is 1.21. The third-order valence-corrected chi connectivity index (χ3v) is 7.30. The van der Waals surface area contributed by atoms with Gasteiger partial charge in [0.25, 0.3) is 0 Å². The molecule has 0 unspecified atom stereocenters. The Labute approximate surface area is 238 Å². The number of alkyl halides is 3. The normalized spacial score (nSPS) is 21.3. The summed E-state index contributed by atoms with van der Waals surface area (Å²) in [6.45, 7) is 0.0480. The summed E-state index contributed by atoms with van der Waals surface area (Å²) in [4.78, 5) is 25.2. The van der Waals surface area contributed by atoms with Gasteiger partial charge < -0.3 is 30.5 Å². The van der Waals surface area contributed by atoms with E-state index in [0.717, 1.165) is 23.3 Å². The lowest BCUT2D eigenvalue weighted by Gasteiger charge is -2.37. The maximum Gasteiger partial charge on any atom is 0.416 e. The minimum atomic E-state index is -4.47. The second kappa shape index (κ2) is 12.0. The molecule has 0 aliphatic carbocycles. The monoisotopic (exact) mass is 589 g/mol. The highest BCUT2D eigenvalue weighted by molar-refractivity contribution is 6.30. The van der Waals surface area contributed by atoms with Crippen LogP contribution in [0.1, 0.15) is 35.4 Å². The second-order valence-electron chi connectivity index (χ2n) is 9.92. The molecule has 0 saturated carbocycles. The van der Waals surface area contributed by atoms with Crippen molar-refractivity contribution in [2.75, 3.05) is 17.2 Å². The minimum absolute atomic E-state index is 0.0934. The molecule has 3 aromatic carbocycles. The molecule has 0 aromatic heterocycles. The fraction of sp³-hybridized carbons (Fsp3) is 0.310. The number of fused-ring (bicyclic) bond motifs is 3. The van der Waals surface area contributed by atoms with Crippen molar-refractivity contribution in [1.29, 1.82) is 0 Å². The summed E-state index contributed by atoms with van der Waals surface area (Å²) in [5, 5.41) is 18.7. The lowest BCUT2D eigenvalue weighted by molar-refractivity contribution is -0.142. The standard InChI is InChI=1S/C29H27ClF3N3O5/c30-18-5-1-16(2-6-18)14-34-26(38)13-21-12-23-22-11-20(9-10-24(22)41-27(23)25(15-37)40-21)36-28(39)35-19-7-3-17(4-8-19)29(31,32)33/h1-11,21,23,25,27,37H,12-15H2,(H,34,38)(H2,35,36,39)/t21-,23-,25+,27+/m0/s1. The van der Waals surface area contributed by atoms with Crippen LogP contribution in [0.15, 0.2) is 66.7 Å². The van der Waals surface area contributed by atoms with Crippen LogP contribution in [-0.4, -0.2) is 42.0 Å². The van der Waals surface area contributed by atoms with E-state index < -0.39 is 36.1 Å². The Kier molecular flexibility index (Phi) is 8.39. The molecule has 8 nitrogen and oxygen atoms in total. The van der Waals surface area contributed by atoms with Crippen LogP contribution in [0.3, 0.4) is 0 Å². The zero-order valence-corrected chi connectivity index (χ0v) is 22.3. The molecule has 41 heavy (non-hydrogen) atoms. The summed E-state index contributed by atoms with van der Waals surface area (Å²) >= 11 is 5.91. The average molecular weight is 590 g/mol. The molecule has 216 valence electrons. The number of halogens is 4. The molecule has 2 aliphatic rings. The van der Waals surface area contributed by atoms with Crippen LogP contribution in [0, 0.1) is 0 Å². The molecule has 2 aliphatic heterocycles. The molecule has 0 spiro atoms. The predicted molar refractivity (Wildman–Crippen MR) is 146 cm³/mol. The van der Waals surface area contributed by atoms with Crippen molar-refractivity contribution in [3.8, 4) is 5.75 Å². The van der Waals surface area contributed by atoms with Crippen LogP contribution >= 0.6 is 11.6 Å². The van der Waals surface area contributed by atoms with Crippen molar-refractivity contribution in [3.05, 3.63) is 88.4 Å². The maximum atomic E-state index is 12.8. The molecule has 1 saturated heterocycles. The van der Waals surface area contributed by atoms with Gasteiger partial charge in [0.1, 0.15) is 18.0 Å². The molecule has 3 amide bonds. The Morgan fingerprint density at radius 1 is 0.976 bits per heavy atom. The summed E-state index contributed by atoms with van der Waals surface area (Å²) in [5.74, 6) is 0.197. The highest BCUT2D eigenvalue weighted by atomic mass is 35.5. The Bertz CT molecular complexity index is 1400. The molecule has 12 heteroatoms. The first-order chi connectivity index (χ1) is 19.6. The minimum Gasteiger partial charge on any atom is -0.487 e. The van der Waals surface area contributed by atoms with Gasteiger partial charge in [-0.3, -0.25) is 4.79 Å². The molecule has 1 fully saturated rings. The molecular formula is C29H27ClF3N3O5. The van der Waals surface area contributed by atoms with Crippen molar-refractivity contribution in [1.82, 2.24) is 5.32 Å². The lowest BCUT2D eigenvalue weighted by Crippen LogP contribution is -2.47. The van der Waals surface area contributed by atoms with Gasteiger partial charge in [-0.15, -0.1) is 0 Å². The largest absolute Gasteiger partial charge is 0.487 e. The zero-order valence-electron chi connectivity index (χ0n) is 21.6. The highest BCUT2D eigenvalue weighted by Crippen LogP contribution is 2.47. The Morgan fingerprint density at radius 2 is 1.66 bits per heavy atom. The van der Waals surface area contributed by atoms with E-state index in [9.17, 15) is 27.9 Å². The first-order valence-electron chi connectivity index (χ1n) is 12.9. The molecule has 0 bridgehead atoms. The third kappa shape index (κ3) is 6.92. The molecule has 4 N–H and O–H groups in total. The van der Waals surface area contributed by atoms with Crippen molar-refractivity contribution in [2.45, 2.75) is 49.8 Å². The zero-order chi connectivity index (χ0) is 29.1. The molecule has 3 aromatic rings. The van der Waals surface area contributed by atoms with Crippen LogP contribution in [0.5, 0.6) is 5.75 Å². The smallest absolute Gasteiger partial charge is 0.416 e. The average Bonchev–Trinajstić information content (AvgIpc) is 3.30. The number of amides is 3. The van der Waals surface area contributed by atoms with Gasteiger partial charge in [-0.1, -0.05) is 23.7 Å². The van der Waals surface area contributed by atoms with E-state index >= 15 is 0 Å². The number of urea groups is 1. The Hall–Kier alpha value is -3.80. The van der Waals surface area contributed by atoms with E-state index in [-0.39, 0.29) is 30.5 Å². The van der Waals surface area contributed by atoms with Gasteiger partial charge in [0.2, 0.25) is 5.91 Å². The van der Waals surface area contributed by atoms with Crippen LogP contribution < -0.4 is 20.7 Å². The van der Waals surface area contributed by atoms with E-state index in [1.807, 2.05) is 12.1 Å². The van der Waals surface area contributed by atoms with Crippen LogP contribution in [-0.2, 0) is 22.3 Å². The number of aliphatic hydroxyl groups excluding tert-OH is 1. The van der Waals surface area contributed by atoms with Crippen molar-refractivity contribution in [2.24, 2.45) is 0 Å². The molecule has 5 rings (SSSR count). The number of hydrogen-bond donors (Lipinski definition) is 4. The Morgan fingerprint density at radius 3 is 2.34 bits per heavy atom. The SMILES string of the molecule is O=C(C[C@@H]1C[C@H]2c3cc(NC(=O)Nc4ccc(C(F)(F)F)cc4)ccc3O[C@H]2[C@@H](CO)O1)NCc1ccc(Cl)cc1. The number of rotatable bonds is 7. The van der Waals surface area contributed by atoms with Gasteiger partial charge in [0, 0.05) is 34.4 Å². The number of anilines is 2. The quantitative estimate of drug-likeness (QED) is 0.283. The van der Waals surface area contributed by atoms with E-state index in [1.54, 1.807) is 30.3 Å². The first-order valence-corrected chi connectivity index (χ1v) is 13.3. The topological polar surface area (TPSA) is 109 Å². The number of nitrogens with one attached hydrogen (secondary N) is 3. The summed E-state index contributed by atoms with van der Waals surface area (Å²) < 4.78 is 50.4. The molecule has 4 atom stereocenters.